The Morgan fingerprint density at radius 1 is 0.696 bits per heavy atom. The number of benzene rings is 2. The van der Waals surface area contributed by atoms with E-state index in [1.165, 1.54) is 6.92 Å². The summed E-state index contributed by atoms with van der Waals surface area (Å²) in [5, 5.41) is 52.3. The molecule has 56 heavy (non-hydrogen) atoms. The van der Waals surface area contributed by atoms with Gasteiger partial charge in [-0.3, -0.25) is 28.8 Å². The number of aliphatic carboxylic acids is 1. The zero-order valence-electron chi connectivity index (χ0n) is 31.6. The molecular weight excluding hydrogens is 730 g/mol. The first kappa shape index (κ1) is 45.0. The van der Waals surface area contributed by atoms with E-state index < -0.39 is 103 Å². The number of aliphatic hydroxyl groups is 3. The molecule has 0 aliphatic carbocycles. The highest BCUT2D eigenvalue weighted by atomic mass is 16.4. The maximum absolute atomic E-state index is 13.9. The minimum absolute atomic E-state index is 0.0325. The lowest BCUT2D eigenvalue weighted by atomic mass is 10.0. The van der Waals surface area contributed by atoms with Crippen LogP contribution in [0.2, 0.25) is 0 Å². The van der Waals surface area contributed by atoms with Crippen molar-refractivity contribution in [2.24, 2.45) is 11.7 Å². The Hall–Kier alpha value is -5.43. The van der Waals surface area contributed by atoms with Gasteiger partial charge >= 0.3 is 5.97 Å². The normalized spacial score (nSPS) is 17.6. The number of amides is 6. The lowest BCUT2D eigenvalue weighted by Crippen LogP contribution is -2.62. The molecule has 8 atom stereocenters. The molecule has 6 amide bonds. The smallest absolute Gasteiger partial charge is 0.326 e. The second-order valence-corrected chi connectivity index (χ2v) is 14.0. The fourth-order valence-corrected chi connectivity index (χ4v) is 6.00. The Morgan fingerprint density at radius 3 is 1.64 bits per heavy atom. The summed E-state index contributed by atoms with van der Waals surface area (Å²) < 4.78 is 0. The number of nitrogens with one attached hydrogen (secondary N) is 5. The van der Waals surface area contributed by atoms with Gasteiger partial charge in [0.15, 0.2) is 0 Å². The minimum atomic E-state index is -1.62. The number of carbonyl (C=O) groups is 7. The molecule has 2 aromatic carbocycles. The topological polar surface area (TPSA) is 290 Å². The molecule has 306 valence electrons. The molecule has 18 nitrogen and oxygen atoms in total. The van der Waals surface area contributed by atoms with Crippen LogP contribution >= 0.6 is 0 Å². The van der Waals surface area contributed by atoms with Crippen molar-refractivity contribution in [1.82, 2.24) is 31.5 Å². The predicted octanol–water partition coefficient (Wildman–Crippen LogP) is -2.68. The van der Waals surface area contributed by atoms with Gasteiger partial charge in [0.1, 0.15) is 36.3 Å². The number of likely N-dealkylation sites (tertiary alicyclic amines) is 1. The second kappa shape index (κ2) is 21.6. The Balaban J connectivity index is 1.75. The number of carbonyl (C=O) groups excluding carboxylic acids is 6. The van der Waals surface area contributed by atoms with Crippen molar-refractivity contribution >= 4 is 41.4 Å². The van der Waals surface area contributed by atoms with Crippen LogP contribution in [-0.2, 0) is 46.4 Å². The number of nitrogens with two attached hydrogens (primary N) is 1. The average molecular weight is 784 g/mol. The van der Waals surface area contributed by atoms with E-state index in [0.717, 1.165) is 4.90 Å². The highest BCUT2D eigenvalue weighted by Gasteiger charge is 2.41. The summed E-state index contributed by atoms with van der Waals surface area (Å²) in [6.07, 6.45) is -1.19. The first-order chi connectivity index (χ1) is 26.6. The molecule has 1 aliphatic heterocycles. The van der Waals surface area contributed by atoms with Gasteiger partial charge < -0.3 is 57.6 Å². The van der Waals surface area contributed by atoms with Crippen LogP contribution in [0.5, 0.6) is 0 Å². The van der Waals surface area contributed by atoms with Crippen molar-refractivity contribution in [3.8, 4) is 0 Å². The Morgan fingerprint density at radius 2 is 1.16 bits per heavy atom. The zero-order chi connectivity index (χ0) is 41.5. The van der Waals surface area contributed by atoms with Gasteiger partial charge in [0.05, 0.1) is 25.4 Å². The van der Waals surface area contributed by atoms with Crippen molar-refractivity contribution in [1.29, 1.82) is 0 Å². The van der Waals surface area contributed by atoms with Crippen molar-refractivity contribution < 1.29 is 54.0 Å². The van der Waals surface area contributed by atoms with Crippen LogP contribution in [0.3, 0.4) is 0 Å². The van der Waals surface area contributed by atoms with E-state index in [4.69, 9.17) is 5.73 Å². The maximum Gasteiger partial charge on any atom is 0.326 e. The number of carboxylic acids is 1. The molecule has 0 unspecified atom stereocenters. The second-order valence-electron chi connectivity index (χ2n) is 14.0. The van der Waals surface area contributed by atoms with Gasteiger partial charge in [0.2, 0.25) is 35.4 Å². The Kier molecular flexibility index (Phi) is 17.3. The summed E-state index contributed by atoms with van der Waals surface area (Å²) in [7, 11) is 0. The molecule has 0 spiro atoms. The molecule has 1 saturated heterocycles. The SMILES string of the molecule is CC(C)[C@H](N)C(=O)N[C@@H](CO)C(=O)N[C@@H](Cc1ccccc1)C(=O)N[C@H](C(=O)N1CCC[C@H]1C(=O)N[C@@H](CO)C(=O)N[C@@H](Cc1ccccc1)C(=O)O)[C@@H](C)O. The van der Waals surface area contributed by atoms with E-state index >= 15 is 0 Å². The molecule has 0 aromatic heterocycles. The van der Waals surface area contributed by atoms with Crippen molar-refractivity contribution in [2.45, 2.75) is 94.9 Å². The van der Waals surface area contributed by atoms with E-state index in [0.29, 0.717) is 17.5 Å². The third kappa shape index (κ3) is 12.8. The Labute approximate surface area is 324 Å². The number of rotatable bonds is 20. The summed E-state index contributed by atoms with van der Waals surface area (Å²) in [5.41, 5.74) is 7.11. The van der Waals surface area contributed by atoms with Gasteiger partial charge in [0, 0.05) is 19.4 Å². The van der Waals surface area contributed by atoms with E-state index in [1.54, 1.807) is 74.5 Å². The largest absolute Gasteiger partial charge is 0.480 e. The van der Waals surface area contributed by atoms with E-state index in [1.807, 2.05) is 0 Å². The molecule has 3 rings (SSSR count). The standard InChI is InChI=1S/C38H53N7O11/c1-21(2)30(39)36(53)43-28(20-47)33(50)40-25(17-23-11-6-4-7-12-23)32(49)44-31(22(3)48)37(54)45-16-10-15-29(45)35(52)42-27(19-46)34(51)41-26(38(55)56)18-24-13-8-5-9-14-24/h4-9,11-14,21-22,25-31,46-48H,10,15-20,39H2,1-3H3,(H,40,50)(H,41,51)(H,42,52)(H,43,53)(H,44,49)(H,55,56)/t22-,25+,26+,27+,28+,29+,30+,31+/m1/s1. The molecular formula is C38H53N7O11. The van der Waals surface area contributed by atoms with Crippen LogP contribution in [0.25, 0.3) is 0 Å². The molecule has 11 N–H and O–H groups in total. The fraction of sp³-hybridized carbons (Fsp3) is 0.500. The molecule has 0 saturated carbocycles. The van der Waals surface area contributed by atoms with Crippen LogP contribution in [0, 0.1) is 5.92 Å². The zero-order valence-corrected chi connectivity index (χ0v) is 31.6. The van der Waals surface area contributed by atoms with Gasteiger partial charge in [-0.1, -0.05) is 74.5 Å². The van der Waals surface area contributed by atoms with Gasteiger partial charge in [-0.05, 0) is 36.8 Å². The molecule has 18 heteroatoms. The van der Waals surface area contributed by atoms with E-state index in [-0.39, 0.29) is 31.7 Å². The number of hydrogen-bond acceptors (Lipinski definition) is 11. The van der Waals surface area contributed by atoms with Gasteiger partial charge in [-0.15, -0.1) is 0 Å². The number of hydrogen-bond donors (Lipinski definition) is 10. The number of carboxylic acid groups (broad SMARTS) is 1. The molecule has 1 aliphatic rings. The first-order valence-corrected chi connectivity index (χ1v) is 18.4. The fourth-order valence-electron chi connectivity index (χ4n) is 6.00. The average Bonchev–Trinajstić information content (AvgIpc) is 3.67. The predicted molar refractivity (Wildman–Crippen MR) is 201 cm³/mol. The van der Waals surface area contributed by atoms with Crippen LogP contribution in [0.1, 0.15) is 44.7 Å². The Bertz CT molecular complexity index is 1660. The summed E-state index contributed by atoms with van der Waals surface area (Å²) >= 11 is 0. The summed E-state index contributed by atoms with van der Waals surface area (Å²) in [5.74, 6) is -6.77. The quantitative estimate of drug-likeness (QED) is 0.0658. The van der Waals surface area contributed by atoms with Gasteiger partial charge in [-0.2, -0.15) is 0 Å². The van der Waals surface area contributed by atoms with Crippen molar-refractivity contribution in [3.63, 3.8) is 0 Å². The van der Waals surface area contributed by atoms with Crippen molar-refractivity contribution in [2.75, 3.05) is 19.8 Å². The molecule has 1 fully saturated rings. The summed E-state index contributed by atoms with van der Waals surface area (Å²) in [4.78, 5) is 93.0. The van der Waals surface area contributed by atoms with Gasteiger partial charge in [-0.25, -0.2) is 4.79 Å². The van der Waals surface area contributed by atoms with Gasteiger partial charge in [0.25, 0.3) is 0 Å². The minimum Gasteiger partial charge on any atom is -0.480 e. The summed E-state index contributed by atoms with van der Waals surface area (Å²) in [6.45, 7) is 2.97. The maximum atomic E-state index is 13.9. The third-order valence-electron chi connectivity index (χ3n) is 9.35. The van der Waals surface area contributed by atoms with E-state index in [9.17, 15) is 54.0 Å². The number of aliphatic hydroxyl groups excluding tert-OH is 3. The van der Waals surface area contributed by atoms with Crippen LogP contribution in [0.4, 0.5) is 0 Å². The number of nitrogens with zero attached hydrogens (tertiary/aromatic N) is 1. The van der Waals surface area contributed by atoms with Crippen molar-refractivity contribution in [3.05, 3.63) is 71.8 Å². The highest BCUT2D eigenvalue weighted by Crippen LogP contribution is 2.20. The molecule has 2 aromatic rings. The van der Waals surface area contributed by atoms with Crippen LogP contribution in [0.15, 0.2) is 60.7 Å². The van der Waals surface area contributed by atoms with E-state index in [2.05, 4.69) is 26.6 Å². The lowest BCUT2D eigenvalue weighted by Gasteiger charge is -2.32. The summed E-state index contributed by atoms with van der Waals surface area (Å²) in [6, 6.07) is 7.49. The molecule has 0 radical (unpaired) electrons. The monoisotopic (exact) mass is 783 g/mol. The highest BCUT2D eigenvalue weighted by molar-refractivity contribution is 5.97. The molecule has 1 heterocycles. The van der Waals surface area contributed by atoms with Crippen LogP contribution < -0.4 is 32.3 Å². The molecule has 0 bridgehead atoms. The van der Waals surface area contributed by atoms with Crippen LogP contribution in [-0.4, -0.2) is 135 Å². The lowest BCUT2D eigenvalue weighted by molar-refractivity contribution is -0.145. The first-order valence-electron chi connectivity index (χ1n) is 18.4. The third-order valence-corrected chi connectivity index (χ3v) is 9.35.